The fourth-order valence-electron chi connectivity index (χ4n) is 3.24. The second-order valence-electron chi connectivity index (χ2n) is 9.22. The van der Waals surface area contributed by atoms with Crippen molar-refractivity contribution in [2.24, 2.45) is 0 Å². The molecule has 0 aliphatic rings. The van der Waals surface area contributed by atoms with Gasteiger partial charge < -0.3 is 25.4 Å². The summed E-state index contributed by atoms with van der Waals surface area (Å²) in [6.45, 7) is 9.21. The first kappa shape index (κ1) is 23.2. The van der Waals surface area contributed by atoms with Crippen LogP contribution in [0.15, 0.2) is 41.5 Å². The highest BCUT2D eigenvalue weighted by Gasteiger charge is 2.29. The van der Waals surface area contributed by atoms with E-state index in [1.165, 1.54) is 4.57 Å². The number of fused-ring (bicyclic) bond motifs is 1. The molecule has 0 saturated carbocycles. The van der Waals surface area contributed by atoms with Crippen molar-refractivity contribution in [3.63, 3.8) is 0 Å². The van der Waals surface area contributed by atoms with Crippen LogP contribution < -0.4 is 16.2 Å². The van der Waals surface area contributed by atoms with Crippen molar-refractivity contribution < 1.29 is 15.0 Å². The number of pyridine rings is 3. The molecule has 3 aromatic rings. The van der Waals surface area contributed by atoms with Crippen molar-refractivity contribution in [3.05, 3.63) is 52.6 Å². The molecule has 0 aliphatic heterocycles. The van der Waals surface area contributed by atoms with Gasteiger partial charge in [0.15, 0.2) is 0 Å². The van der Waals surface area contributed by atoms with Crippen LogP contribution in [0, 0.1) is 0 Å². The lowest BCUT2D eigenvalue weighted by Gasteiger charge is -2.23. The summed E-state index contributed by atoms with van der Waals surface area (Å²) >= 11 is 0. The molecule has 3 heterocycles. The van der Waals surface area contributed by atoms with E-state index in [9.17, 15) is 19.8 Å². The Morgan fingerprint density at radius 3 is 2.47 bits per heavy atom. The summed E-state index contributed by atoms with van der Waals surface area (Å²) in [6, 6.07) is 6.88. The molecule has 170 valence electrons. The Morgan fingerprint density at radius 2 is 1.84 bits per heavy atom. The van der Waals surface area contributed by atoms with Gasteiger partial charge in [0.1, 0.15) is 17.5 Å². The van der Waals surface area contributed by atoms with E-state index >= 15 is 0 Å². The molecule has 9 nitrogen and oxygen atoms in total. The number of hydrogen-bond acceptors (Lipinski definition) is 7. The molecular formula is C23H29N5O4. The monoisotopic (exact) mass is 439 g/mol. The van der Waals surface area contributed by atoms with Gasteiger partial charge in [-0.2, -0.15) is 0 Å². The van der Waals surface area contributed by atoms with E-state index in [4.69, 9.17) is 0 Å². The highest BCUT2D eigenvalue weighted by molar-refractivity contribution is 5.93. The van der Waals surface area contributed by atoms with E-state index < -0.39 is 11.4 Å². The van der Waals surface area contributed by atoms with Crippen LogP contribution >= 0.6 is 0 Å². The Morgan fingerprint density at radius 1 is 1.12 bits per heavy atom. The lowest BCUT2D eigenvalue weighted by molar-refractivity contribution is -0.142. The van der Waals surface area contributed by atoms with Gasteiger partial charge in [-0.1, -0.05) is 0 Å². The first-order valence-corrected chi connectivity index (χ1v) is 10.3. The number of aromatic nitrogens is 3. The van der Waals surface area contributed by atoms with Crippen LogP contribution in [0.1, 0.15) is 40.2 Å². The van der Waals surface area contributed by atoms with Crippen LogP contribution in [0.25, 0.3) is 10.8 Å². The zero-order valence-corrected chi connectivity index (χ0v) is 18.9. The summed E-state index contributed by atoms with van der Waals surface area (Å²) in [5.41, 5.74) is -1.08. The van der Waals surface area contributed by atoms with Gasteiger partial charge in [-0.05, 0) is 69.8 Å². The predicted octanol–water partition coefficient (Wildman–Crippen LogP) is 3.10. The summed E-state index contributed by atoms with van der Waals surface area (Å²) in [5.74, 6) is 0.381. The number of rotatable bonds is 7. The van der Waals surface area contributed by atoms with Gasteiger partial charge in [0.05, 0.1) is 17.4 Å². The molecule has 0 spiro atoms. The van der Waals surface area contributed by atoms with E-state index in [2.05, 4.69) is 20.6 Å². The third-order valence-electron chi connectivity index (χ3n) is 5.07. The molecule has 0 aromatic carbocycles. The van der Waals surface area contributed by atoms with Gasteiger partial charge in [0.2, 0.25) is 0 Å². The van der Waals surface area contributed by atoms with Gasteiger partial charge >= 0.3 is 5.97 Å². The lowest BCUT2D eigenvalue weighted by atomic mass is 9.85. The van der Waals surface area contributed by atoms with Crippen molar-refractivity contribution in [2.45, 2.75) is 52.1 Å². The molecule has 4 N–H and O–H groups in total. The second kappa shape index (κ2) is 8.58. The first-order valence-electron chi connectivity index (χ1n) is 10.3. The third-order valence-corrected chi connectivity index (χ3v) is 5.07. The SMILES string of the molecule is CC(C)(C)Nc1nc(Nc2cc(C(C)(C)C(=O)O)ccn2)cc2ccn(CCO)c(=O)c12. The Balaban J connectivity index is 2.10. The van der Waals surface area contributed by atoms with Crippen LogP contribution in [0.3, 0.4) is 0 Å². The van der Waals surface area contributed by atoms with Crippen LogP contribution in [-0.2, 0) is 16.8 Å². The molecular weight excluding hydrogens is 410 g/mol. The third kappa shape index (κ3) is 4.88. The molecule has 3 rings (SSSR count). The largest absolute Gasteiger partial charge is 0.481 e. The quantitative estimate of drug-likeness (QED) is 0.442. The Kier molecular flexibility index (Phi) is 6.23. The number of nitrogens with zero attached hydrogens (tertiary/aromatic N) is 3. The number of anilines is 3. The number of carbonyl (C=O) groups is 1. The van der Waals surface area contributed by atoms with Crippen molar-refractivity contribution in [2.75, 3.05) is 17.2 Å². The molecule has 0 saturated heterocycles. The Bertz CT molecular complexity index is 1210. The first-order chi connectivity index (χ1) is 14.9. The molecule has 0 aliphatic carbocycles. The molecule has 9 heteroatoms. The van der Waals surface area contributed by atoms with E-state index in [1.807, 2.05) is 20.8 Å². The summed E-state index contributed by atoms with van der Waals surface area (Å²) in [6.07, 6.45) is 3.19. The van der Waals surface area contributed by atoms with Gasteiger partial charge in [-0.15, -0.1) is 0 Å². The van der Waals surface area contributed by atoms with Crippen molar-refractivity contribution in [1.29, 1.82) is 0 Å². The number of nitrogens with one attached hydrogen (secondary N) is 2. The van der Waals surface area contributed by atoms with E-state index in [0.717, 1.165) is 0 Å². The standard InChI is InChI=1S/C23H29N5O4/c1-22(2,3)27-19-18-14(7-9-28(10-11-29)20(18)30)12-17(26-19)25-16-13-15(6-8-24-16)23(4,5)21(31)32/h6-9,12-13,29H,10-11H2,1-5H3,(H,31,32)(H2,24,25,26,27). The smallest absolute Gasteiger partial charge is 0.313 e. The zero-order chi connectivity index (χ0) is 23.7. The number of carboxylic acid groups (broad SMARTS) is 1. The van der Waals surface area contributed by atoms with Crippen molar-refractivity contribution in [1.82, 2.24) is 14.5 Å². The van der Waals surface area contributed by atoms with Gasteiger partial charge in [0.25, 0.3) is 5.56 Å². The molecule has 0 atom stereocenters. The maximum atomic E-state index is 13.0. The number of carboxylic acids is 1. The minimum Gasteiger partial charge on any atom is -0.481 e. The number of aliphatic hydroxyl groups is 1. The fourth-order valence-corrected chi connectivity index (χ4v) is 3.24. The normalized spacial score (nSPS) is 12.1. The van der Waals surface area contributed by atoms with Crippen LogP contribution in [0.4, 0.5) is 17.5 Å². The highest BCUT2D eigenvalue weighted by Crippen LogP contribution is 2.28. The summed E-state index contributed by atoms with van der Waals surface area (Å²) < 4.78 is 1.45. The molecule has 0 bridgehead atoms. The molecule has 0 radical (unpaired) electrons. The summed E-state index contributed by atoms with van der Waals surface area (Å²) in [7, 11) is 0. The van der Waals surface area contributed by atoms with E-state index in [1.54, 1.807) is 50.5 Å². The number of aliphatic hydroxyl groups excluding tert-OH is 1. The minimum atomic E-state index is -1.08. The number of aliphatic carboxylic acids is 1. The van der Waals surface area contributed by atoms with Crippen molar-refractivity contribution in [3.8, 4) is 0 Å². The maximum Gasteiger partial charge on any atom is 0.313 e. The molecule has 0 unspecified atom stereocenters. The summed E-state index contributed by atoms with van der Waals surface area (Å²) in [4.78, 5) is 33.5. The second-order valence-corrected chi connectivity index (χ2v) is 9.22. The maximum absolute atomic E-state index is 13.0. The fraction of sp³-hybridized carbons (Fsp3) is 0.391. The average molecular weight is 440 g/mol. The van der Waals surface area contributed by atoms with Crippen molar-refractivity contribution >= 4 is 34.2 Å². The van der Waals surface area contributed by atoms with E-state index in [0.29, 0.717) is 33.8 Å². The zero-order valence-electron chi connectivity index (χ0n) is 18.9. The van der Waals surface area contributed by atoms with Crippen LogP contribution in [0.2, 0.25) is 0 Å². The lowest BCUT2D eigenvalue weighted by Crippen LogP contribution is -2.29. The predicted molar refractivity (Wildman–Crippen MR) is 125 cm³/mol. The molecule has 3 aromatic heterocycles. The van der Waals surface area contributed by atoms with Crippen LogP contribution in [-0.4, -0.2) is 42.9 Å². The van der Waals surface area contributed by atoms with Gasteiger partial charge in [-0.3, -0.25) is 9.59 Å². The molecule has 32 heavy (non-hydrogen) atoms. The van der Waals surface area contributed by atoms with Gasteiger partial charge in [-0.25, -0.2) is 9.97 Å². The topological polar surface area (TPSA) is 129 Å². The molecule has 0 fully saturated rings. The van der Waals surface area contributed by atoms with Crippen LogP contribution in [0.5, 0.6) is 0 Å². The Hall–Kier alpha value is -3.46. The van der Waals surface area contributed by atoms with E-state index in [-0.39, 0.29) is 24.2 Å². The Labute approximate surface area is 186 Å². The van der Waals surface area contributed by atoms with Gasteiger partial charge in [0, 0.05) is 24.5 Å². The minimum absolute atomic E-state index is 0.144. The highest BCUT2D eigenvalue weighted by atomic mass is 16.4. The number of hydrogen-bond donors (Lipinski definition) is 4. The summed E-state index contributed by atoms with van der Waals surface area (Å²) in [5, 5.41) is 26.3. The molecule has 0 amide bonds. The average Bonchev–Trinajstić information content (AvgIpc) is 2.69.